The second kappa shape index (κ2) is 11.4. The fourth-order valence-corrected chi connectivity index (χ4v) is 6.19. The molecule has 1 fully saturated rings. The van der Waals surface area contributed by atoms with E-state index in [0.29, 0.717) is 31.4 Å². The molecule has 194 valence electrons. The molecule has 0 aliphatic carbocycles. The van der Waals surface area contributed by atoms with Gasteiger partial charge in [-0.1, -0.05) is 37.3 Å². The number of fused-ring (bicyclic) bond motifs is 1. The minimum atomic E-state index is -3.82. The van der Waals surface area contributed by atoms with Crippen LogP contribution in [0.1, 0.15) is 31.7 Å². The number of oxazole rings is 1. The number of piperidine rings is 1. The molecule has 1 saturated heterocycles. The highest BCUT2D eigenvalue weighted by Crippen LogP contribution is 2.26. The molecule has 0 bridgehead atoms. The summed E-state index contributed by atoms with van der Waals surface area (Å²) >= 11 is 0. The average Bonchev–Trinajstić information content (AvgIpc) is 3.18. The number of aromatic nitrogens is 1. The number of nitrogens with zero attached hydrogens (tertiary/aromatic N) is 3. The number of benzene rings is 2. The van der Waals surface area contributed by atoms with Crippen molar-refractivity contribution >= 4 is 27.0 Å². The van der Waals surface area contributed by atoms with E-state index < -0.39 is 21.7 Å². The normalized spacial score (nSPS) is 17.0. The lowest BCUT2D eigenvalue weighted by Crippen LogP contribution is -2.45. The van der Waals surface area contributed by atoms with Gasteiger partial charge in [0.15, 0.2) is 5.58 Å². The number of rotatable bonds is 10. The van der Waals surface area contributed by atoms with Crippen LogP contribution in [0.4, 0.5) is 0 Å². The van der Waals surface area contributed by atoms with E-state index in [9.17, 15) is 18.0 Å². The van der Waals surface area contributed by atoms with Gasteiger partial charge in [-0.2, -0.15) is 4.31 Å². The average molecular weight is 515 g/mol. The van der Waals surface area contributed by atoms with E-state index in [0.717, 1.165) is 26.1 Å². The van der Waals surface area contributed by atoms with Crippen molar-refractivity contribution in [3.8, 4) is 0 Å². The summed E-state index contributed by atoms with van der Waals surface area (Å²) in [5, 5.41) is 3.00. The minimum absolute atomic E-state index is 0.0588. The van der Waals surface area contributed by atoms with E-state index in [1.54, 1.807) is 13.1 Å². The Bertz CT molecular complexity index is 1350. The van der Waals surface area contributed by atoms with E-state index in [1.165, 1.54) is 26.6 Å². The van der Waals surface area contributed by atoms with Crippen molar-refractivity contribution < 1.29 is 17.6 Å². The van der Waals surface area contributed by atoms with E-state index in [1.807, 2.05) is 18.2 Å². The fourth-order valence-electron chi connectivity index (χ4n) is 4.65. The van der Waals surface area contributed by atoms with Crippen LogP contribution in [-0.2, 0) is 28.4 Å². The molecule has 1 N–H and O–H groups in total. The summed E-state index contributed by atoms with van der Waals surface area (Å²) in [5.41, 5.74) is 2.02. The third kappa shape index (κ3) is 5.88. The van der Waals surface area contributed by atoms with Gasteiger partial charge in [0.2, 0.25) is 15.9 Å². The number of hydrogen-bond acceptors (Lipinski definition) is 6. The predicted octanol–water partition coefficient (Wildman–Crippen LogP) is 2.56. The van der Waals surface area contributed by atoms with Crippen LogP contribution < -0.4 is 11.1 Å². The van der Waals surface area contributed by atoms with Gasteiger partial charge in [-0.15, -0.1) is 0 Å². The summed E-state index contributed by atoms with van der Waals surface area (Å²) in [7, 11) is -2.25. The Balaban J connectivity index is 1.30. The molecule has 1 unspecified atom stereocenters. The zero-order valence-electron chi connectivity index (χ0n) is 20.9. The fraction of sp³-hybridized carbons (Fsp3) is 0.462. The summed E-state index contributed by atoms with van der Waals surface area (Å²) in [5.74, 6) is -1.04. The van der Waals surface area contributed by atoms with Crippen LogP contribution in [0, 0.1) is 5.92 Å². The van der Waals surface area contributed by atoms with E-state index in [-0.39, 0.29) is 22.9 Å². The topological polar surface area (TPSA) is 105 Å². The van der Waals surface area contributed by atoms with Crippen molar-refractivity contribution in [2.75, 3.05) is 32.7 Å². The van der Waals surface area contributed by atoms with Gasteiger partial charge in [0, 0.05) is 45.8 Å². The van der Waals surface area contributed by atoms with E-state index in [2.05, 4.69) is 29.3 Å². The number of amides is 1. The highest BCUT2D eigenvalue weighted by Gasteiger charge is 2.33. The van der Waals surface area contributed by atoms with Crippen molar-refractivity contribution in [1.82, 2.24) is 19.1 Å². The van der Waals surface area contributed by atoms with Crippen LogP contribution in [0.15, 0.2) is 62.6 Å². The number of aryl methyl sites for hydroxylation is 1. The maximum absolute atomic E-state index is 13.3. The van der Waals surface area contributed by atoms with Gasteiger partial charge in [0.1, 0.15) is 0 Å². The van der Waals surface area contributed by atoms with Crippen LogP contribution in [0.3, 0.4) is 0 Å². The largest absolute Gasteiger partial charge is 0.419 e. The summed E-state index contributed by atoms with van der Waals surface area (Å²) in [6.07, 6.45) is 2.09. The zero-order valence-corrected chi connectivity index (χ0v) is 21.7. The molecule has 2 aromatic carbocycles. The van der Waals surface area contributed by atoms with Crippen LogP contribution in [0.5, 0.6) is 0 Å². The number of carbonyl (C=O) groups excluding carboxylic acids is 1. The zero-order chi connectivity index (χ0) is 25.7. The molecule has 36 heavy (non-hydrogen) atoms. The third-order valence-corrected chi connectivity index (χ3v) is 8.66. The second-order valence-corrected chi connectivity index (χ2v) is 11.2. The number of hydrogen-bond donors (Lipinski definition) is 1. The molecule has 0 radical (unpaired) electrons. The smallest absolute Gasteiger partial charge is 0.408 e. The summed E-state index contributed by atoms with van der Waals surface area (Å²) in [6, 6.07) is 14.7. The van der Waals surface area contributed by atoms with Crippen molar-refractivity contribution in [2.24, 2.45) is 13.0 Å². The van der Waals surface area contributed by atoms with Crippen molar-refractivity contribution in [3.05, 3.63) is 64.6 Å². The van der Waals surface area contributed by atoms with Gasteiger partial charge in [-0.05, 0) is 43.5 Å². The summed E-state index contributed by atoms with van der Waals surface area (Å²) in [4.78, 5) is 27.0. The molecule has 4 rings (SSSR count). The Labute approximate surface area is 211 Å². The molecular weight excluding hydrogens is 480 g/mol. The van der Waals surface area contributed by atoms with Crippen molar-refractivity contribution in [3.63, 3.8) is 0 Å². The SMILES string of the molecule is CCN(CCCNC(=O)C1CCCN(S(=O)(=O)c2ccc3c(c2)oc(=O)n3C)C1)Cc1ccccc1. The lowest BCUT2D eigenvalue weighted by Gasteiger charge is -2.31. The first-order valence-electron chi connectivity index (χ1n) is 12.4. The molecule has 9 nitrogen and oxygen atoms in total. The highest BCUT2D eigenvalue weighted by atomic mass is 32.2. The molecule has 0 spiro atoms. The quantitative estimate of drug-likeness (QED) is 0.417. The Morgan fingerprint density at radius 2 is 1.97 bits per heavy atom. The maximum Gasteiger partial charge on any atom is 0.419 e. The molecular formula is C26H34N4O5S. The molecule has 1 aliphatic rings. The van der Waals surface area contributed by atoms with Crippen LogP contribution in [0.2, 0.25) is 0 Å². The lowest BCUT2D eigenvalue weighted by molar-refractivity contribution is -0.126. The highest BCUT2D eigenvalue weighted by molar-refractivity contribution is 7.89. The Morgan fingerprint density at radius 1 is 1.19 bits per heavy atom. The molecule has 1 atom stereocenters. The third-order valence-electron chi connectivity index (χ3n) is 6.80. The molecule has 10 heteroatoms. The van der Waals surface area contributed by atoms with Crippen molar-refractivity contribution in [2.45, 2.75) is 37.6 Å². The monoisotopic (exact) mass is 514 g/mol. The second-order valence-electron chi connectivity index (χ2n) is 9.26. The summed E-state index contributed by atoms with van der Waals surface area (Å²) < 4.78 is 34.4. The van der Waals surface area contributed by atoms with Crippen LogP contribution >= 0.6 is 0 Å². The minimum Gasteiger partial charge on any atom is -0.408 e. The number of carbonyl (C=O) groups is 1. The number of sulfonamides is 1. The lowest BCUT2D eigenvalue weighted by atomic mass is 9.99. The Hall–Kier alpha value is -2.95. The Morgan fingerprint density at radius 3 is 2.72 bits per heavy atom. The van der Waals surface area contributed by atoms with Gasteiger partial charge < -0.3 is 9.73 Å². The van der Waals surface area contributed by atoms with E-state index in [4.69, 9.17) is 4.42 Å². The van der Waals surface area contributed by atoms with Gasteiger partial charge in [-0.25, -0.2) is 13.2 Å². The first-order chi connectivity index (χ1) is 17.3. The van der Waals surface area contributed by atoms with Gasteiger partial charge >= 0.3 is 5.76 Å². The van der Waals surface area contributed by atoms with Gasteiger partial charge in [-0.3, -0.25) is 14.3 Å². The van der Waals surface area contributed by atoms with Gasteiger partial charge in [0.05, 0.1) is 16.3 Å². The first-order valence-corrected chi connectivity index (χ1v) is 13.9. The predicted molar refractivity (Wildman–Crippen MR) is 138 cm³/mol. The molecule has 2 heterocycles. The molecule has 3 aromatic rings. The Kier molecular flexibility index (Phi) is 8.28. The molecule has 1 amide bonds. The van der Waals surface area contributed by atoms with Crippen molar-refractivity contribution in [1.29, 1.82) is 0 Å². The molecule has 1 aliphatic heterocycles. The number of nitrogens with one attached hydrogen (secondary N) is 1. The maximum atomic E-state index is 13.3. The summed E-state index contributed by atoms with van der Waals surface area (Å²) in [6.45, 7) is 5.84. The molecule has 0 saturated carbocycles. The van der Waals surface area contributed by atoms with Gasteiger partial charge in [0.25, 0.3) is 0 Å². The van der Waals surface area contributed by atoms with Crippen LogP contribution in [0.25, 0.3) is 11.1 Å². The van der Waals surface area contributed by atoms with E-state index >= 15 is 0 Å². The van der Waals surface area contributed by atoms with Crippen LogP contribution in [-0.4, -0.2) is 60.8 Å². The first kappa shape index (κ1) is 26.1. The molecule has 1 aromatic heterocycles. The standard InChI is InChI=1S/C26H34N4O5S/c1-3-29(18-20-9-5-4-6-10-20)15-8-14-27-25(31)21-11-7-16-30(19-21)36(33,34)22-12-13-23-24(17-22)35-26(32)28(23)2/h4-6,9-10,12-13,17,21H,3,7-8,11,14-16,18-19H2,1-2H3,(H,27,31).